The average Bonchev–Trinajstić information content (AvgIpc) is 2.14. The van der Waals surface area contributed by atoms with Crippen molar-refractivity contribution in [1.82, 2.24) is 4.98 Å². The second-order valence-corrected chi connectivity index (χ2v) is 5.15. The predicted molar refractivity (Wildman–Crippen MR) is 71.6 cm³/mol. The van der Waals surface area contributed by atoms with Crippen molar-refractivity contribution in [2.75, 3.05) is 5.73 Å². The molecule has 0 radical (unpaired) electrons. The van der Waals surface area contributed by atoms with Crippen molar-refractivity contribution < 1.29 is 0 Å². The van der Waals surface area contributed by atoms with E-state index in [1.165, 1.54) is 0 Å². The number of nitrogen functional groups attached to an aromatic ring is 1. The number of anilines is 1. The first-order chi connectivity index (χ1) is 6.59. The van der Waals surface area contributed by atoms with Crippen molar-refractivity contribution in [1.29, 1.82) is 0 Å². The molecule has 2 aromatic rings. The second-order valence-electron chi connectivity index (χ2n) is 2.82. The molecule has 0 spiro atoms. The topological polar surface area (TPSA) is 38.9 Å². The molecule has 72 valence electrons. The van der Waals surface area contributed by atoms with E-state index in [-0.39, 0.29) is 0 Å². The molecule has 5 heteroatoms. The summed E-state index contributed by atoms with van der Waals surface area (Å²) < 4.78 is 1.96. The lowest BCUT2D eigenvalue weighted by molar-refractivity contribution is 1.37. The zero-order valence-electron chi connectivity index (χ0n) is 6.89. The van der Waals surface area contributed by atoms with Crippen LogP contribution in [0.4, 0.5) is 5.82 Å². The summed E-state index contributed by atoms with van der Waals surface area (Å²) in [5, 5.41) is 2.60. The van der Waals surface area contributed by atoms with Crippen molar-refractivity contribution in [3.05, 3.63) is 31.4 Å². The molecule has 14 heavy (non-hydrogen) atoms. The Balaban J connectivity index is 2.91. The Morgan fingerprint density at radius 3 is 2.86 bits per heavy atom. The molecule has 0 amide bonds. The van der Waals surface area contributed by atoms with Gasteiger partial charge in [0.05, 0.1) is 9.50 Å². The van der Waals surface area contributed by atoms with Crippen LogP contribution in [0.3, 0.4) is 0 Å². The summed E-state index contributed by atoms with van der Waals surface area (Å²) in [6, 6.07) is 3.83. The van der Waals surface area contributed by atoms with Gasteiger partial charge in [0.1, 0.15) is 5.82 Å². The Hall–Kier alpha value is -0.0700. The van der Waals surface area contributed by atoms with E-state index >= 15 is 0 Å². The fraction of sp³-hybridized carbons (Fsp3) is 0. The minimum absolute atomic E-state index is 0.506. The molecule has 1 heterocycles. The number of pyridine rings is 1. The first kappa shape index (κ1) is 10.4. The van der Waals surface area contributed by atoms with Crippen molar-refractivity contribution >= 4 is 66.7 Å². The SMILES string of the molecule is Nc1cc2cc(I)c(Br)c(Cl)c2cn1. The number of nitrogens with zero attached hydrogens (tertiary/aromatic N) is 1. The maximum Gasteiger partial charge on any atom is 0.123 e. The van der Waals surface area contributed by atoms with Crippen molar-refractivity contribution in [2.24, 2.45) is 0 Å². The number of fused-ring (bicyclic) bond motifs is 1. The highest BCUT2D eigenvalue weighted by Gasteiger charge is 2.08. The standard InChI is InChI=1S/C9H5BrClIN2/c10-8-6(12)1-4-2-7(13)14-3-5(4)9(8)11/h1-3H,(H2,13,14). The summed E-state index contributed by atoms with van der Waals surface area (Å²) in [5.41, 5.74) is 5.59. The Morgan fingerprint density at radius 1 is 1.43 bits per heavy atom. The molecule has 0 saturated carbocycles. The number of hydrogen-bond acceptors (Lipinski definition) is 2. The molecule has 2 rings (SSSR count). The quantitative estimate of drug-likeness (QED) is 0.555. The largest absolute Gasteiger partial charge is 0.384 e. The van der Waals surface area contributed by atoms with Gasteiger partial charge in [0.2, 0.25) is 0 Å². The third-order valence-corrected chi connectivity index (χ3v) is 4.91. The highest BCUT2D eigenvalue weighted by Crippen LogP contribution is 2.35. The van der Waals surface area contributed by atoms with Crippen LogP contribution in [0, 0.1) is 3.57 Å². The summed E-state index contributed by atoms with van der Waals surface area (Å²) in [5.74, 6) is 0.506. The Kier molecular flexibility index (Phi) is 2.86. The number of halogens is 3. The lowest BCUT2D eigenvalue weighted by Crippen LogP contribution is -1.90. The molecule has 0 aliphatic rings. The van der Waals surface area contributed by atoms with Crippen LogP contribution in [0.5, 0.6) is 0 Å². The van der Waals surface area contributed by atoms with E-state index in [0.29, 0.717) is 10.8 Å². The van der Waals surface area contributed by atoms with Crippen LogP contribution >= 0.6 is 50.1 Å². The van der Waals surface area contributed by atoms with Crippen molar-refractivity contribution in [3.63, 3.8) is 0 Å². The third kappa shape index (κ3) is 1.70. The molecule has 0 aliphatic heterocycles. The second kappa shape index (κ2) is 3.83. The van der Waals surface area contributed by atoms with E-state index in [9.17, 15) is 0 Å². The number of hydrogen-bond donors (Lipinski definition) is 1. The monoisotopic (exact) mass is 382 g/mol. The molecule has 2 N–H and O–H groups in total. The Labute approximate surface area is 108 Å². The van der Waals surface area contributed by atoms with Gasteiger partial charge in [-0.25, -0.2) is 4.98 Å². The predicted octanol–water partition coefficient (Wildman–Crippen LogP) is 3.84. The van der Waals surface area contributed by atoms with Gasteiger partial charge >= 0.3 is 0 Å². The van der Waals surface area contributed by atoms with Crippen LogP contribution in [-0.2, 0) is 0 Å². The number of aromatic nitrogens is 1. The van der Waals surface area contributed by atoms with E-state index in [1.54, 1.807) is 6.20 Å². The normalized spacial score (nSPS) is 10.8. The number of nitrogens with two attached hydrogens (primary N) is 1. The first-order valence-electron chi connectivity index (χ1n) is 3.78. The van der Waals surface area contributed by atoms with Crippen molar-refractivity contribution in [3.8, 4) is 0 Å². The number of benzene rings is 1. The van der Waals surface area contributed by atoms with E-state index in [4.69, 9.17) is 17.3 Å². The van der Waals surface area contributed by atoms with Gasteiger partial charge in [-0.1, -0.05) is 11.6 Å². The van der Waals surface area contributed by atoms with E-state index in [1.807, 2.05) is 12.1 Å². The zero-order chi connectivity index (χ0) is 10.3. The molecule has 2 nitrogen and oxygen atoms in total. The van der Waals surface area contributed by atoms with E-state index in [2.05, 4.69) is 43.5 Å². The van der Waals surface area contributed by atoms with E-state index in [0.717, 1.165) is 18.8 Å². The Bertz CT molecular complexity index is 516. The lowest BCUT2D eigenvalue weighted by Gasteiger charge is -2.05. The fourth-order valence-corrected chi connectivity index (χ4v) is 2.57. The van der Waals surface area contributed by atoms with Crippen LogP contribution in [0.25, 0.3) is 10.8 Å². The van der Waals surface area contributed by atoms with Gasteiger partial charge in [-0.15, -0.1) is 0 Å². The third-order valence-electron chi connectivity index (χ3n) is 1.88. The summed E-state index contributed by atoms with van der Waals surface area (Å²) in [7, 11) is 0. The molecule has 0 bridgehead atoms. The molecule has 1 aromatic carbocycles. The average molecular weight is 383 g/mol. The van der Waals surface area contributed by atoms with Gasteiger partial charge in [-0.3, -0.25) is 0 Å². The van der Waals surface area contributed by atoms with Gasteiger partial charge in [0.25, 0.3) is 0 Å². The van der Waals surface area contributed by atoms with Crippen LogP contribution in [0.2, 0.25) is 5.02 Å². The van der Waals surface area contributed by atoms with Crippen LogP contribution in [0.1, 0.15) is 0 Å². The van der Waals surface area contributed by atoms with Crippen LogP contribution in [-0.4, -0.2) is 4.98 Å². The van der Waals surface area contributed by atoms with Gasteiger partial charge in [0.15, 0.2) is 0 Å². The molecular weight excluding hydrogens is 378 g/mol. The highest BCUT2D eigenvalue weighted by atomic mass is 127. The first-order valence-corrected chi connectivity index (χ1v) is 6.03. The maximum absolute atomic E-state index is 6.15. The maximum atomic E-state index is 6.15. The van der Waals surface area contributed by atoms with Crippen molar-refractivity contribution in [2.45, 2.75) is 0 Å². The lowest BCUT2D eigenvalue weighted by atomic mass is 10.2. The smallest absolute Gasteiger partial charge is 0.123 e. The number of rotatable bonds is 0. The van der Waals surface area contributed by atoms with Crippen LogP contribution in [0.15, 0.2) is 22.8 Å². The molecule has 1 aromatic heterocycles. The fourth-order valence-electron chi connectivity index (χ4n) is 1.21. The highest BCUT2D eigenvalue weighted by molar-refractivity contribution is 14.1. The van der Waals surface area contributed by atoms with Gasteiger partial charge in [0, 0.05) is 15.2 Å². The molecular formula is C9H5BrClIN2. The minimum Gasteiger partial charge on any atom is -0.384 e. The Morgan fingerprint density at radius 2 is 2.14 bits per heavy atom. The summed E-state index contributed by atoms with van der Waals surface area (Å²) in [4.78, 5) is 4.01. The summed E-state index contributed by atoms with van der Waals surface area (Å²) >= 11 is 11.8. The molecule has 0 fully saturated rings. The van der Waals surface area contributed by atoms with Gasteiger partial charge in [-0.2, -0.15) is 0 Å². The summed E-state index contributed by atoms with van der Waals surface area (Å²) in [6.45, 7) is 0. The minimum atomic E-state index is 0.506. The van der Waals surface area contributed by atoms with Gasteiger partial charge in [-0.05, 0) is 56.0 Å². The van der Waals surface area contributed by atoms with E-state index < -0.39 is 0 Å². The van der Waals surface area contributed by atoms with Gasteiger partial charge < -0.3 is 5.73 Å². The molecule has 0 atom stereocenters. The zero-order valence-corrected chi connectivity index (χ0v) is 11.4. The molecule has 0 unspecified atom stereocenters. The summed E-state index contributed by atoms with van der Waals surface area (Å²) in [6.07, 6.45) is 1.69. The molecule has 0 saturated heterocycles. The molecule has 0 aliphatic carbocycles. The van der Waals surface area contributed by atoms with Crippen LogP contribution < -0.4 is 5.73 Å².